The van der Waals surface area contributed by atoms with Gasteiger partial charge in [-0.25, -0.2) is 0 Å². The monoisotopic (exact) mass is 342 g/mol. The van der Waals surface area contributed by atoms with Gasteiger partial charge in [-0.2, -0.15) is 0 Å². The second-order valence-electron chi connectivity index (χ2n) is 7.00. The second-order valence-corrected chi connectivity index (χ2v) is 7.00. The van der Waals surface area contributed by atoms with Crippen LogP contribution in [0.25, 0.3) is 22.3 Å². The Hall–Kier alpha value is -2.87. The minimum absolute atomic E-state index is 0.218. The van der Waals surface area contributed by atoms with Crippen molar-refractivity contribution in [2.75, 3.05) is 6.61 Å². The van der Waals surface area contributed by atoms with E-state index in [9.17, 15) is 4.79 Å². The third-order valence-corrected chi connectivity index (χ3v) is 5.07. The first-order chi connectivity index (χ1) is 12.7. The van der Waals surface area contributed by atoms with Crippen LogP contribution in [0.15, 0.2) is 78.9 Å². The maximum absolute atomic E-state index is 11.3. The highest BCUT2D eigenvalue weighted by Gasteiger charge is 2.41. The molecule has 0 spiro atoms. The smallest absolute Gasteiger partial charge is 0.133 e. The predicted molar refractivity (Wildman–Crippen MR) is 105 cm³/mol. The van der Waals surface area contributed by atoms with E-state index in [0.29, 0.717) is 12.5 Å². The van der Waals surface area contributed by atoms with E-state index < -0.39 is 0 Å². The molecule has 0 heterocycles. The number of rotatable bonds is 6. The van der Waals surface area contributed by atoms with Crippen molar-refractivity contribution in [2.24, 2.45) is 11.8 Å². The van der Waals surface area contributed by atoms with Crippen molar-refractivity contribution in [1.82, 2.24) is 0 Å². The number of carbonyl (C=O) groups excluding carboxylic acids is 1. The fourth-order valence-corrected chi connectivity index (χ4v) is 3.39. The zero-order valence-corrected chi connectivity index (χ0v) is 14.9. The minimum atomic E-state index is 0.218. The average molecular weight is 342 g/mol. The molecular weight excluding hydrogens is 320 g/mol. The first-order valence-corrected chi connectivity index (χ1v) is 9.10. The zero-order valence-electron chi connectivity index (χ0n) is 14.9. The molecule has 4 rings (SSSR count). The lowest BCUT2D eigenvalue weighted by Crippen LogP contribution is -2.04. The first-order valence-electron chi connectivity index (χ1n) is 9.10. The number of carbonyl (C=O) groups is 1. The van der Waals surface area contributed by atoms with Crippen LogP contribution in [0.5, 0.6) is 5.75 Å². The molecule has 1 saturated carbocycles. The van der Waals surface area contributed by atoms with Crippen LogP contribution in [0.3, 0.4) is 0 Å². The summed E-state index contributed by atoms with van der Waals surface area (Å²) in [6, 6.07) is 27.2. The molecule has 26 heavy (non-hydrogen) atoms. The normalized spacial score (nSPS) is 18.3. The van der Waals surface area contributed by atoms with E-state index in [1.807, 2.05) is 18.2 Å². The number of ether oxygens (including phenoxy) is 1. The number of Topliss-reactive ketones (excluding diaryl/α,β-unsaturated/α-hetero) is 1. The van der Waals surface area contributed by atoms with Gasteiger partial charge in [0.1, 0.15) is 11.5 Å². The Morgan fingerprint density at radius 2 is 1.46 bits per heavy atom. The largest absolute Gasteiger partial charge is 0.493 e. The lowest BCUT2D eigenvalue weighted by molar-refractivity contribution is -0.118. The average Bonchev–Trinajstić information content (AvgIpc) is 3.48. The molecule has 1 aliphatic carbocycles. The van der Waals surface area contributed by atoms with Crippen LogP contribution in [0.4, 0.5) is 0 Å². The molecule has 0 aliphatic heterocycles. The zero-order chi connectivity index (χ0) is 17.9. The summed E-state index contributed by atoms with van der Waals surface area (Å²) in [6.45, 7) is 2.30. The van der Waals surface area contributed by atoms with E-state index in [1.165, 1.54) is 22.3 Å². The summed E-state index contributed by atoms with van der Waals surface area (Å²) < 4.78 is 5.84. The molecule has 3 aromatic carbocycles. The van der Waals surface area contributed by atoms with Gasteiger partial charge in [-0.1, -0.05) is 60.7 Å². The van der Waals surface area contributed by atoms with Crippen molar-refractivity contribution < 1.29 is 9.53 Å². The second kappa shape index (κ2) is 7.17. The Balaban J connectivity index is 1.45. The highest BCUT2D eigenvalue weighted by Crippen LogP contribution is 2.39. The number of hydrogen-bond acceptors (Lipinski definition) is 2. The minimum Gasteiger partial charge on any atom is -0.493 e. The molecule has 0 N–H and O–H groups in total. The quantitative estimate of drug-likeness (QED) is 0.581. The van der Waals surface area contributed by atoms with Gasteiger partial charge in [0.2, 0.25) is 0 Å². The number of hydrogen-bond donors (Lipinski definition) is 0. The van der Waals surface area contributed by atoms with Crippen molar-refractivity contribution in [3.05, 3.63) is 78.9 Å². The molecule has 2 unspecified atom stereocenters. The molecule has 2 atom stereocenters. The predicted octanol–water partition coefficient (Wildman–Crippen LogP) is 5.62. The Labute approximate surface area is 154 Å². The Kier molecular flexibility index (Phi) is 4.57. The van der Waals surface area contributed by atoms with Crippen LogP contribution >= 0.6 is 0 Å². The molecule has 0 radical (unpaired) electrons. The summed E-state index contributed by atoms with van der Waals surface area (Å²) >= 11 is 0. The molecule has 1 fully saturated rings. The maximum Gasteiger partial charge on any atom is 0.133 e. The summed E-state index contributed by atoms with van der Waals surface area (Å²) in [7, 11) is 0. The van der Waals surface area contributed by atoms with Gasteiger partial charge in [0, 0.05) is 11.8 Å². The van der Waals surface area contributed by atoms with Gasteiger partial charge in [0.15, 0.2) is 0 Å². The standard InChI is InChI=1S/C24H22O2/c1-17(25)24-15-22(24)16-26-23-12-10-19(11-13-23)21-9-5-8-20(14-21)18-6-3-2-4-7-18/h2-14,22,24H,15-16H2,1H3. The van der Waals surface area contributed by atoms with Gasteiger partial charge in [0.05, 0.1) is 6.61 Å². The van der Waals surface area contributed by atoms with Crippen molar-refractivity contribution in [3.63, 3.8) is 0 Å². The van der Waals surface area contributed by atoms with Gasteiger partial charge >= 0.3 is 0 Å². The molecule has 130 valence electrons. The summed E-state index contributed by atoms with van der Waals surface area (Å²) in [5.41, 5.74) is 4.80. The molecule has 0 amide bonds. The number of benzene rings is 3. The molecule has 0 bridgehead atoms. The fourth-order valence-electron chi connectivity index (χ4n) is 3.39. The van der Waals surface area contributed by atoms with Gasteiger partial charge in [-0.3, -0.25) is 4.79 Å². The molecule has 2 heteroatoms. The molecule has 1 aliphatic rings. The third-order valence-electron chi connectivity index (χ3n) is 5.07. The van der Waals surface area contributed by atoms with Crippen molar-refractivity contribution in [3.8, 4) is 28.0 Å². The third kappa shape index (κ3) is 3.70. The van der Waals surface area contributed by atoms with E-state index >= 15 is 0 Å². The lowest BCUT2D eigenvalue weighted by atomic mass is 9.99. The van der Waals surface area contributed by atoms with E-state index in [4.69, 9.17) is 4.74 Å². The van der Waals surface area contributed by atoms with Crippen molar-refractivity contribution >= 4 is 5.78 Å². The van der Waals surface area contributed by atoms with Gasteiger partial charge in [-0.15, -0.1) is 0 Å². The fraction of sp³-hybridized carbons (Fsp3) is 0.208. The van der Waals surface area contributed by atoms with E-state index in [0.717, 1.165) is 12.2 Å². The van der Waals surface area contributed by atoms with Gasteiger partial charge in [0.25, 0.3) is 0 Å². The van der Waals surface area contributed by atoms with Crippen LogP contribution in [0.2, 0.25) is 0 Å². The molecule has 0 aromatic heterocycles. The van der Waals surface area contributed by atoms with Crippen LogP contribution in [0.1, 0.15) is 13.3 Å². The van der Waals surface area contributed by atoms with Crippen LogP contribution in [-0.4, -0.2) is 12.4 Å². The summed E-state index contributed by atoms with van der Waals surface area (Å²) in [6.07, 6.45) is 0.972. The molecule has 3 aromatic rings. The van der Waals surface area contributed by atoms with Gasteiger partial charge in [-0.05, 0) is 53.8 Å². The summed E-state index contributed by atoms with van der Waals surface area (Å²) in [4.78, 5) is 11.3. The highest BCUT2D eigenvalue weighted by atomic mass is 16.5. The number of ketones is 1. The molecule has 2 nitrogen and oxygen atoms in total. The summed E-state index contributed by atoms with van der Waals surface area (Å²) in [5.74, 6) is 1.76. The Bertz CT molecular complexity index is 897. The molecular formula is C24H22O2. The van der Waals surface area contributed by atoms with E-state index in [2.05, 4.69) is 60.7 Å². The Morgan fingerprint density at radius 3 is 2.08 bits per heavy atom. The summed E-state index contributed by atoms with van der Waals surface area (Å²) in [5, 5.41) is 0. The first kappa shape index (κ1) is 16.6. The van der Waals surface area contributed by atoms with Crippen molar-refractivity contribution in [1.29, 1.82) is 0 Å². The van der Waals surface area contributed by atoms with Crippen LogP contribution in [-0.2, 0) is 4.79 Å². The highest BCUT2D eigenvalue weighted by molar-refractivity contribution is 5.81. The van der Waals surface area contributed by atoms with Crippen molar-refractivity contribution in [2.45, 2.75) is 13.3 Å². The topological polar surface area (TPSA) is 26.3 Å². The van der Waals surface area contributed by atoms with Gasteiger partial charge < -0.3 is 4.74 Å². The SMILES string of the molecule is CC(=O)C1CC1COc1ccc(-c2cccc(-c3ccccc3)c2)cc1. The van der Waals surface area contributed by atoms with E-state index in [1.54, 1.807) is 6.92 Å². The molecule has 0 saturated heterocycles. The maximum atomic E-state index is 11.3. The van der Waals surface area contributed by atoms with Crippen LogP contribution < -0.4 is 4.74 Å². The lowest BCUT2D eigenvalue weighted by Gasteiger charge is -2.09. The Morgan fingerprint density at radius 1 is 0.846 bits per heavy atom. The van der Waals surface area contributed by atoms with Crippen LogP contribution in [0, 0.1) is 11.8 Å². The van der Waals surface area contributed by atoms with E-state index in [-0.39, 0.29) is 11.7 Å².